The first-order chi connectivity index (χ1) is 14.6. The van der Waals surface area contributed by atoms with Gasteiger partial charge in [0.25, 0.3) is 0 Å². The van der Waals surface area contributed by atoms with E-state index in [4.69, 9.17) is 0 Å². The number of benzene rings is 3. The van der Waals surface area contributed by atoms with Gasteiger partial charge in [0.1, 0.15) is 5.75 Å². The van der Waals surface area contributed by atoms with Crippen LogP contribution in [0.25, 0.3) is 10.8 Å². The maximum atomic E-state index is 12.3. The predicted octanol–water partition coefficient (Wildman–Crippen LogP) is 4.29. The Morgan fingerprint density at radius 1 is 0.833 bits per heavy atom. The van der Waals surface area contributed by atoms with E-state index in [1.165, 1.54) is 28.5 Å². The Balaban J connectivity index is 1.29. The van der Waals surface area contributed by atoms with Crippen LogP contribution in [0.2, 0.25) is 0 Å². The fourth-order valence-corrected chi connectivity index (χ4v) is 4.02. The van der Waals surface area contributed by atoms with Crippen molar-refractivity contribution < 1.29 is 18.6 Å². The molecule has 0 aromatic heterocycles. The van der Waals surface area contributed by atoms with Gasteiger partial charge >= 0.3 is 6.61 Å². The van der Waals surface area contributed by atoms with E-state index in [1.54, 1.807) is 12.1 Å². The summed E-state index contributed by atoms with van der Waals surface area (Å²) in [6.45, 7) is 2.25. The second-order valence-electron chi connectivity index (χ2n) is 7.68. The number of aliphatic hydroxyl groups is 1. The summed E-state index contributed by atoms with van der Waals surface area (Å²) in [5.74, 6) is 0.100. The maximum absolute atomic E-state index is 12.3. The first kappa shape index (κ1) is 20.7. The van der Waals surface area contributed by atoms with Gasteiger partial charge in [-0.25, -0.2) is 0 Å². The van der Waals surface area contributed by atoms with Crippen LogP contribution in [0.5, 0.6) is 5.75 Å². The number of ether oxygens (including phenoxy) is 1. The number of hydrogen-bond donors (Lipinski definition) is 1. The van der Waals surface area contributed by atoms with Crippen molar-refractivity contribution in [1.82, 2.24) is 9.80 Å². The summed E-state index contributed by atoms with van der Waals surface area (Å²) in [7, 11) is 0. The molecule has 0 saturated carbocycles. The Kier molecular flexibility index (Phi) is 6.57. The number of piperazine rings is 1. The Labute approximate surface area is 175 Å². The van der Waals surface area contributed by atoms with Crippen molar-refractivity contribution in [3.8, 4) is 5.75 Å². The molecule has 30 heavy (non-hydrogen) atoms. The molecule has 1 unspecified atom stereocenters. The van der Waals surface area contributed by atoms with Crippen LogP contribution in [-0.4, -0.2) is 54.2 Å². The Bertz CT molecular complexity index is 952. The van der Waals surface area contributed by atoms with E-state index in [9.17, 15) is 13.9 Å². The van der Waals surface area contributed by atoms with Crippen molar-refractivity contribution in [3.63, 3.8) is 0 Å². The molecular formula is C24H26F2N2O2. The zero-order valence-electron chi connectivity index (χ0n) is 16.8. The minimum absolute atomic E-state index is 0.100. The zero-order chi connectivity index (χ0) is 20.9. The van der Waals surface area contributed by atoms with Crippen LogP contribution in [-0.2, 0) is 6.54 Å². The molecule has 1 atom stereocenters. The van der Waals surface area contributed by atoms with E-state index in [0.717, 1.165) is 32.7 Å². The van der Waals surface area contributed by atoms with Crippen LogP contribution in [0, 0.1) is 0 Å². The van der Waals surface area contributed by atoms with Crippen LogP contribution < -0.4 is 4.74 Å². The van der Waals surface area contributed by atoms with Crippen molar-refractivity contribution in [1.29, 1.82) is 0 Å². The quantitative estimate of drug-likeness (QED) is 0.628. The Morgan fingerprint density at radius 2 is 1.50 bits per heavy atom. The van der Waals surface area contributed by atoms with Gasteiger partial charge in [-0.3, -0.25) is 9.80 Å². The highest BCUT2D eigenvalue weighted by molar-refractivity contribution is 5.85. The second-order valence-corrected chi connectivity index (χ2v) is 7.68. The molecule has 158 valence electrons. The molecule has 1 aliphatic heterocycles. The molecule has 1 aliphatic rings. The fourth-order valence-electron chi connectivity index (χ4n) is 4.02. The van der Waals surface area contributed by atoms with Crippen LogP contribution in [0.15, 0.2) is 66.7 Å². The number of alkyl halides is 2. The minimum atomic E-state index is -2.84. The topological polar surface area (TPSA) is 35.9 Å². The lowest BCUT2D eigenvalue weighted by Crippen LogP contribution is -2.47. The number of halogens is 2. The highest BCUT2D eigenvalue weighted by Gasteiger charge is 2.20. The highest BCUT2D eigenvalue weighted by atomic mass is 19.3. The molecule has 3 aromatic carbocycles. The van der Waals surface area contributed by atoms with Gasteiger partial charge in [0.15, 0.2) is 0 Å². The predicted molar refractivity (Wildman–Crippen MR) is 114 cm³/mol. The molecule has 0 radical (unpaired) electrons. The maximum Gasteiger partial charge on any atom is 0.387 e. The standard InChI is InChI=1S/C24H26F2N2O2/c25-24(26)30-21-10-8-19(9-11-21)23(29)17-28-14-12-27(13-15-28)16-20-6-3-5-18-4-1-2-7-22(18)20/h1-11,23-24,29H,12-17H2. The third-order valence-corrected chi connectivity index (χ3v) is 5.66. The molecule has 0 aliphatic carbocycles. The first-order valence-electron chi connectivity index (χ1n) is 10.2. The highest BCUT2D eigenvalue weighted by Crippen LogP contribution is 2.22. The number of β-amino-alcohol motifs (C(OH)–C–C–N with tert-alkyl or cyclic N) is 1. The van der Waals surface area contributed by atoms with Gasteiger partial charge in [-0.15, -0.1) is 0 Å². The van der Waals surface area contributed by atoms with Gasteiger partial charge in [0, 0.05) is 39.3 Å². The summed E-state index contributed by atoms with van der Waals surface area (Å²) in [5.41, 5.74) is 2.04. The molecule has 6 heteroatoms. The lowest BCUT2D eigenvalue weighted by atomic mass is 10.0. The number of rotatable bonds is 7. The minimum Gasteiger partial charge on any atom is -0.435 e. The van der Waals surface area contributed by atoms with Crippen molar-refractivity contribution in [2.24, 2.45) is 0 Å². The third-order valence-electron chi connectivity index (χ3n) is 5.66. The van der Waals surface area contributed by atoms with E-state index in [0.29, 0.717) is 12.1 Å². The normalized spacial score (nSPS) is 16.8. The molecule has 1 heterocycles. The fraction of sp³-hybridized carbons (Fsp3) is 0.333. The largest absolute Gasteiger partial charge is 0.435 e. The lowest BCUT2D eigenvalue weighted by Gasteiger charge is -2.35. The second kappa shape index (κ2) is 9.51. The van der Waals surface area contributed by atoms with E-state index in [-0.39, 0.29) is 5.75 Å². The summed E-state index contributed by atoms with van der Waals surface area (Å²) in [5, 5.41) is 13.1. The molecule has 4 nitrogen and oxygen atoms in total. The third kappa shape index (κ3) is 5.14. The summed E-state index contributed by atoms with van der Waals surface area (Å²) < 4.78 is 28.9. The summed E-state index contributed by atoms with van der Waals surface area (Å²) >= 11 is 0. The van der Waals surface area contributed by atoms with Crippen molar-refractivity contribution >= 4 is 10.8 Å². The lowest BCUT2D eigenvalue weighted by molar-refractivity contribution is -0.0498. The number of aliphatic hydroxyl groups excluding tert-OH is 1. The van der Waals surface area contributed by atoms with Crippen molar-refractivity contribution in [3.05, 3.63) is 77.9 Å². The van der Waals surface area contributed by atoms with Gasteiger partial charge in [-0.2, -0.15) is 8.78 Å². The number of hydrogen-bond acceptors (Lipinski definition) is 4. The zero-order valence-corrected chi connectivity index (χ0v) is 16.8. The van der Waals surface area contributed by atoms with Crippen LogP contribution in [0.4, 0.5) is 8.78 Å². The van der Waals surface area contributed by atoms with Gasteiger partial charge < -0.3 is 9.84 Å². The van der Waals surface area contributed by atoms with Gasteiger partial charge in [-0.05, 0) is 34.0 Å². The summed E-state index contributed by atoms with van der Waals surface area (Å²) in [6.07, 6.45) is -0.657. The molecule has 0 bridgehead atoms. The molecule has 1 saturated heterocycles. The summed E-state index contributed by atoms with van der Waals surface area (Å²) in [4.78, 5) is 4.69. The molecule has 3 aromatic rings. The van der Waals surface area contributed by atoms with Gasteiger partial charge in [-0.1, -0.05) is 54.6 Å². The van der Waals surface area contributed by atoms with E-state index in [2.05, 4.69) is 57.0 Å². The Morgan fingerprint density at radius 3 is 2.23 bits per heavy atom. The molecule has 0 spiro atoms. The Hall–Kier alpha value is -2.54. The molecule has 4 rings (SSSR count). The first-order valence-corrected chi connectivity index (χ1v) is 10.2. The molecule has 1 N–H and O–H groups in total. The molecule has 0 amide bonds. The SMILES string of the molecule is OC(CN1CCN(Cc2cccc3ccccc23)CC1)c1ccc(OC(F)F)cc1. The van der Waals surface area contributed by atoms with Gasteiger partial charge in [0.2, 0.25) is 0 Å². The van der Waals surface area contributed by atoms with Crippen LogP contribution in [0.1, 0.15) is 17.2 Å². The van der Waals surface area contributed by atoms with Crippen LogP contribution in [0.3, 0.4) is 0 Å². The molecular weight excluding hydrogens is 386 g/mol. The van der Waals surface area contributed by atoms with Crippen LogP contribution >= 0.6 is 0 Å². The smallest absolute Gasteiger partial charge is 0.387 e. The van der Waals surface area contributed by atoms with Crippen molar-refractivity contribution in [2.75, 3.05) is 32.7 Å². The van der Waals surface area contributed by atoms with E-state index >= 15 is 0 Å². The number of nitrogens with zero attached hydrogens (tertiary/aromatic N) is 2. The summed E-state index contributed by atoms with van der Waals surface area (Å²) in [6, 6.07) is 21.1. The number of fused-ring (bicyclic) bond motifs is 1. The monoisotopic (exact) mass is 412 g/mol. The van der Waals surface area contributed by atoms with Gasteiger partial charge in [0.05, 0.1) is 6.10 Å². The van der Waals surface area contributed by atoms with Crippen molar-refractivity contribution in [2.45, 2.75) is 19.3 Å². The molecule has 1 fully saturated rings. The van der Waals surface area contributed by atoms with E-state index in [1.807, 2.05) is 0 Å². The van der Waals surface area contributed by atoms with E-state index < -0.39 is 12.7 Å². The average molecular weight is 412 g/mol. The average Bonchev–Trinajstić information content (AvgIpc) is 2.75.